The Morgan fingerprint density at radius 3 is 2.31 bits per heavy atom. The first kappa shape index (κ1) is 11.0. The van der Waals surface area contributed by atoms with Crippen LogP contribution in [0.1, 0.15) is 53.9 Å². The number of piperidine rings is 1. The standard InChI is InChI=1S/C12H25N/c1-6-11-8-7-10(2)9-13(11)12(3,4)5/h10-11H,6-9H2,1-5H3. The van der Waals surface area contributed by atoms with Gasteiger partial charge in [-0.3, -0.25) is 4.90 Å². The van der Waals surface area contributed by atoms with E-state index in [1.54, 1.807) is 0 Å². The Morgan fingerprint density at radius 2 is 1.85 bits per heavy atom. The summed E-state index contributed by atoms with van der Waals surface area (Å²) in [4.78, 5) is 2.70. The largest absolute Gasteiger partial charge is 0.295 e. The maximum Gasteiger partial charge on any atom is 0.0128 e. The average molecular weight is 183 g/mol. The maximum atomic E-state index is 2.70. The van der Waals surface area contributed by atoms with Gasteiger partial charge in [0.2, 0.25) is 0 Å². The van der Waals surface area contributed by atoms with Gasteiger partial charge in [-0.2, -0.15) is 0 Å². The Bertz CT molecular complexity index is 157. The van der Waals surface area contributed by atoms with Crippen LogP contribution >= 0.6 is 0 Å². The second-order valence-electron chi connectivity index (χ2n) is 5.57. The molecule has 0 aromatic rings. The van der Waals surface area contributed by atoms with Crippen molar-refractivity contribution in [3.05, 3.63) is 0 Å². The summed E-state index contributed by atoms with van der Waals surface area (Å²) in [5.74, 6) is 0.891. The number of hydrogen-bond donors (Lipinski definition) is 0. The number of rotatable bonds is 1. The first-order valence-electron chi connectivity index (χ1n) is 5.72. The minimum atomic E-state index is 0.357. The summed E-state index contributed by atoms with van der Waals surface area (Å²) in [7, 11) is 0. The summed E-state index contributed by atoms with van der Waals surface area (Å²) in [6, 6.07) is 0.830. The highest BCUT2D eigenvalue weighted by molar-refractivity contribution is 4.87. The van der Waals surface area contributed by atoms with Gasteiger partial charge in [0.25, 0.3) is 0 Å². The van der Waals surface area contributed by atoms with E-state index in [1.807, 2.05) is 0 Å². The Balaban J connectivity index is 2.65. The van der Waals surface area contributed by atoms with E-state index in [0.717, 1.165) is 12.0 Å². The second-order valence-corrected chi connectivity index (χ2v) is 5.57. The molecule has 0 aromatic heterocycles. The van der Waals surface area contributed by atoms with E-state index in [4.69, 9.17) is 0 Å². The van der Waals surface area contributed by atoms with Crippen LogP contribution in [-0.2, 0) is 0 Å². The van der Waals surface area contributed by atoms with Crippen LogP contribution in [0.3, 0.4) is 0 Å². The Morgan fingerprint density at radius 1 is 1.23 bits per heavy atom. The summed E-state index contributed by atoms with van der Waals surface area (Å²) in [6.07, 6.45) is 4.13. The average Bonchev–Trinajstić information content (AvgIpc) is 2.03. The van der Waals surface area contributed by atoms with Crippen molar-refractivity contribution < 1.29 is 0 Å². The van der Waals surface area contributed by atoms with E-state index in [-0.39, 0.29) is 0 Å². The molecule has 0 saturated carbocycles. The van der Waals surface area contributed by atoms with Crippen LogP contribution < -0.4 is 0 Å². The molecule has 1 rings (SSSR count). The summed E-state index contributed by atoms with van der Waals surface area (Å²) in [6.45, 7) is 13.0. The summed E-state index contributed by atoms with van der Waals surface area (Å²) in [5.41, 5.74) is 0.357. The van der Waals surface area contributed by atoms with Crippen LogP contribution in [0.5, 0.6) is 0 Å². The van der Waals surface area contributed by atoms with Gasteiger partial charge in [0.05, 0.1) is 0 Å². The van der Waals surface area contributed by atoms with E-state index in [1.165, 1.54) is 25.8 Å². The van der Waals surface area contributed by atoms with Crippen LogP contribution in [0.15, 0.2) is 0 Å². The van der Waals surface area contributed by atoms with Crippen molar-refractivity contribution >= 4 is 0 Å². The molecule has 1 nitrogen and oxygen atoms in total. The van der Waals surface area contributed by atoms with Crippen molar-refractivity contribution in [3.63, 3.8) is 0 Å². The Labute approximate surface area is 83.5 Å². The van der Waals surface area contributed by atoms with E-state index in [9.17, 15) is 0 Å². The predicted molar refractivity (Wildman–Crippen MR) is 58.9 cm³/mol. The van der Waals surface area contributed by atoms with Crippen molar-refractivity contribution in [2.45, 2.75) is 65.5 Å². The lowest BCUT2D eigenvalue weighted by Gasteiger charge is -2.46. The molecule has 2 atom stereocenters. The van der Waals surface area contributed by atoms with Gasteiger partial charge in [-0.25, -0.2) is 0 Å². The van der Waals surface area contributed by atoms with E-state index < -0.39 is 0 Å². The molecule has 2 unspecified atom stereocenters. The zero-order valence-electron chi connectivity index (χ0n) is 9.93. The minimum Gasteiger partial charge on any atom is -0.295 e. The van der Waals surface area contributed by atoms with E-state index in [0.29, 0.717) is 5.54 Å². The van der Waals surface area contributed by atoms with Crippen molar-refractivity contribution in [3.8, 4) is 0 Å². The molecule has 1 heterocycles. The lowest BCUT2D eigenvalue weighted by atomic mass is 9.88. The highest BCUT2D eigenvalue weighted by Crippen LogP contribution is 2.29. The first-order chi connectivity index (χ1) is 5.95. The molecule has 1 aliphatic heterocycles. The lowest BCUT2D eigenvalue weighted by molar-refractivity contribution is 0.0274. The molecule has 0 radical (unpaired) electrons. The molecule has 0 spiro atoms. The van der Waals surface area contributed by atoms with Gasteiger partial charge in [0, 0.05) is 18.1 Å². The molecule has 1 fully saturated rings. The molecule has 1 saturated heterocycles. The number of nitrogens with zero attached hydrogens (tertiary/aromatic N) is 1. The molecule has 0 bridgehead atoms. The molecule has 0 aliphatic carbocycles. The molecule has 0 N–H and O–H groups in total. The van der Waals surface area contributed by atoms with Gasteiger partial charge < -0.3 is 0 Å². The van der Waals surface area contributed by atoms with E-state index in [2.05, 4.69) is 39.5 Å². The molecule has 1 heteroatoms. The maximum absolute atomic E-state index is 2.70. The van der Waals surface area contributed by atoms with Crippen LogP contribution in [0.25, 0.3) is 0 Å². The predicted octanol–water partition coefficient (Wildman–Crippen LogP) is 3.30. The second kappa shape index (κ2) is 4.00. The highest BCUT2D eigenvalue weighted by atomic mass is 15.2. The summed E-state index contributed by atoms with van der Waals surface area (Å²) in [5, 5.41) is 0. The monoisotopic (exact) mass is 183 g/mol. The zero-order chi connectivity index (χ0) is 10.1. The smallest absolute Gasteiger partial charge is 0.0128 e. The summed E-state index contributed by atoms with van der Waals surface area (Å²) < 4.78 is 0. The van der Waals surface area contributed by atoms with Crippen molar-refractivity contribution in [1.82, 2.24) is 4.90 Å². The minimum absolute atomic E-state index is 0.357. The molecule has 0 amide bonds. The van der Waals surface area contributed by atoms with Crippen molar-refractivity contribution in [1.29, 1.82) is 0 Å². The van der Waals surface area contributed by atoms with Crippen LogP contribution in [-0.4, -0.2) is 23.0 Å². The van der Waals surface area contributed by atoms with Gasteiger partial charge in [-0.15, -0.1) is 0 Å². The van der Waals surface area contributed by atoms with Gasteiger partial charge in [0.15, 0.2) is 0 Å². The van der Waals surface area contributed by atoms with Crippen molar-refractivity contribution in [2.24, 2.45) is 5.92 Å². The number of hydrogen-bond acceptors (Lipinski definition) is 1. The molecule has 13 heavy (non-hydrogen) atoms. The third-order valence-electron chi connectivity index (χ3n) is 3.27. The van der Waals surface area contributed by atoms with Gasteiger partial charge in [0.1, 0.15) is 0 Å². The van der Waals surface area contributed by atoms with Crippen LogP contribution in [0, 0.1) is 5.92 Å². The first-order valence-corrected chi connectivity index (χ1v) is 5.72. The van der Waals surface area contributed by atoms with Crippen molar-refractivity contribution in [2.75, 3.05) is 6.54 Å². The van der Waals surface area contributed by atoms with Gasteiger partial charge >= 0.3 is 0 Å². The molecular formula is C12H25N. The third-order valence-corrected chi connectivity index (χ3v) is 3.27. The molecule has 78 valence electrons. The molecule has 0 aromatic carbocycles. The fourth-order valence-corrected chi connectivity index (χ4v) is 2.45. The SMILES string of the molecule is CCC1CCC(C)CN1C(C)(C)C. The van der Waals surface area contributed by atoms with Gasteiger partial charge in [-0.1, -0.05) is 13.8 Å². The van der Waals surface area contributed by atoms with E-state index >= 15 is 0 Å². The topological polar surface area (TPSA) is 3.24 Å². The normalized spacial score (nSPS) is 32.1. The molecule has 1 aliphatic rings. The molecular weight excluding hydrogens is 158 g/mol. The lowest BCUT2D eigenvalue weighted by Crippen LogP contribution is -2.52. The Hall–Kier alpha value is -0.0400. The van der Waals surface area contributed by atoms with Crippen LogP contribution in [0.4, 0.5) is 0 Å². The highest BCUT2D eigenvalue weighted by Gasteiger charge is 2.32. The summed E-state index contributed by atoms with van der Waals surface area (Å²) >= 11 is 0. The fourth-order valence-electron chi connectivity index (χ4n) is 2.45. The quantitative estimate of drug-likeness (QED) is 0.603. The zero-order valence-corrected chi connectivity index (χ0v) is 9.93. The number of likely N-dealkylation sites (tertiary alicyclic amines) is 1. The van der Waals surface area contributed by atoms with Crippen LogP contribution in [0.2, 0.25) is 0 Å². The fraction of sp³-hybridized carbons (Fsp3) is 1.00. The van der Waals surface area contributed by atoms with Gasteiger partial charge in [-0.05, 0) is 46.0 Å². The third kappa shape index (κ3) is 2.70. The Kier molecular flexibility index (Phi) is 3.39.